The Balaban J connectivity index is 2.19. The second-order valence-electron chi connectivity index (χ2n) is 4.75. The molecule has 2 rings (SSSR count). The molecule has 0 aliphatic heterocycles. The smallest absolute Gasteiger partial charge is 0.310 e. The fourth-order valence-corrected chi connectivity index (χ4v) is 2.17. The van der Waals surface area contributed by atoms with Crippen molar-refractivity contribution in [1.82, 2.24) is 0 Å². The zero-order valence-electron chi connectivity index (χ0n) is 11.9. The van der Waals surface area contributed by atoms with E-state index >= 15 is 0 Å². The Bertz CT molecular complexity index is 634. The van der Waals surface area contributed by atoms with E-state index in [1.807, 2.05) is 24.3 Å². The lowest BCUT2D eigenvalue weighted by Gasteiger charge is -2.10. The first-order chi connectivity index (χ1) is 10.1. The van der Waals surface area contributed by atoms with Crippen molar-refractivity contribution in [3.05, 3.63) is 59.2 Å². The Hall–Kier alpha value is -2.49. The largest absolute Gasteiger partial charge is 0.504 e. The molecule has 0 aliphatic carbocycles. The van der Waals surface area contributed by atoms with Crippen LogP contribution in [0.5, 0.6) is 11.5 Å². The van der Waals surface area contributed by atoms with Crippen LogP contribution in [-0.2, 0) is 22.4 Å². The van der Waals surface area contributed by atoms with Crippen LogP contribution < -0.4 is 0 Å². The van der Waals surface area contributed by atoms with Crippen LogP contribution in [0.3, 0.4) is 0 Å². The predicted molar refractivity (Wildman–Crippen MR) is 79.4 cm³/mol. The standard InChI is InChI=1S/C17H18O4/c1-2-21-17(20)11-14-6-4-3-5-13(14)9-12-7-8-15(18)16(19)10-12/h3-8,10,18-19H,2,9,11H2,1H3. The van der Waals surface area contributed by atoms with Crippen LogP contribution in [0.1, 0.15) is 23.6 Å². The average molecular weight is 286 g/mol. The first-order valence-corrected chi connectivity index (χ1v) is 6.83. The van der Waals surface area contributed by atoms with Gasteiger partial charge in [-0.3, -0.25) is 4.79 Å². The minimum Gasteiger partial charge on any atom is -0.504 e. The number of ether oxygens (including phenoxy) is 1. The van der Waals surface area contributed by atoms with Gasteiger partial charge in [0.2, 0.25) is 0 Å². The molecule has 110 valence electrons. The fraction of sp³-hybridized carbons (Fsp3) is 0.235. The molecule has 0 amide bonds. The summed E-state index contributed by atoms with van der Waals surface area (Å²) in [6, 6.07) is 12.4. The summed E-state index contributed by atoms with van der Waals surface area (Å²) in [5.74, 6) is -0.535. The Labute approximate surface area is 123 Å². The van der Waals surface area contributed by atoms with E-state index in [-0.39, 0.29) is 23.9 Å². The van der Waals surface area contributed by atoms with Gasteiger partial charge in [-0.1, -0.05) is 30.3 Å². The molecule has 0 saturated heterocycles. The Morgan fingerprint density at radius 1 is 1.05 bits per heavy atom. The van der Waals surface area contributed by atoms with Crippen molar-refractivity contribution in [2.45, 2.75) is 19.8 Å². The third kappa shape index (κ3) is 3.99. The van der Waals surface area contributed by atoms with Crippen molar-refractivity contribution in [2.75, 3.05) is 6.61 Å². The molecule has 0 unspecified atom stereocenters. The van der Waals surface area contributed by atoms with E-state index < -0.39 is 0 Å². The molecule has 2 aromatic carbocycles. The molecule has 0 heterocycles. The monoisotopic (exact) mass is 286 g/mol. The van der Waals surface area contributed by atoms with E-state index in [0.717, 1.165) is 16.7 Å². The molecule has 21 heavy (non-hydrogen) atoms. The summed E-state index contributed by atoms with van der Waals surface area (Å²) in [7, 11) is 0. The maximum atomic E-state index is 11.6. The van der Waals surface area contributed by atoms with Gasteiger partial charge in [0.1, 0.15) is 0 Å². The predicted octanol–water partition coefficient (Wildman–Crippen LogP) is 2.79. The van der Waals surface area contributed by atoms with Gasteiger partial charge in [-0.15, -0.1) is 0 Å². The highest BCUT2D eigenvalue weighted by Gasteiger charge is 2.10. The van der Waals surface area contributed by atoms with Gasteiger partial charge < -0.3 is 14.9 Å². The summed E-state index contributed by atoms with van der Waals surface area (Å²) in [5.41, 5.74) is 2.76. The highest BCUT2D eigenvalue weighted by Crippen LogP contribution is 2.26. The molecule has 0 spiro atoms. The second-order valence-corrected chi connectivity index (χ2v) is 4.75. The maximum absolute atomic E-state index is 11.6. The Morgan fingerprint density at radius 2 is 1.76 bits per heavy atom. The minimum atomic E-state index is -0.251. The number of phenolic OH excluding ortho intramolecular Hbond substituents is 2. The molecule has 0 aliphatic rings. The van der Waals surface area contributed by atoms with Gasteiger partial charge in [0, 0.05) is 0 Å². The highest BCUT2D eigenvalue weighted by atomic mass is 16.5. The van der Waals surface area contributed by atoms with Crippen molar-refractivity contribution >= 4 is 5.97 Å². The topological polar surface area (TPSA) is 66.8 Å². The van der Waals surface area contributed by atoms with Crippen LogP contribution in [0, 0.1) is 0 Å². The van der Waals surface area contributed by atoms with Crippen molar-refractivity contribution < 1.29 is 19.7 Å². The molecular formula is C17H18O4. The number of carbonyl (C=O) groups is 1. The third-order valence-corrected chi connectivity index (χ3v) is 3.19. The van der Waals surface area contributed by atoms with Crippen LogP contribution in [0.15, 0.2) is 42.5 Å². The van der Waals surface area contributed by atoms with Crippen molar-refractivity contribution in [1.29, 1.82) is 0 Å². The fourth-order valence-electron chi connectivity index (χ4n) is 2.17. The normalized spacial score (nSPS) is 10.3. The Kier molecular flexibility index (Phi) is 4.82. The molecule has 0 fully saturated rings. The first kappa shape index (κ1) is 14.9. The second kappa shape index (κ2) is 6.79. The van der Waals surface area contributed by atoms with Crippen LogP contribution in [-0.4, -0.2) is 22.8 Å². The molecule has 2 N–H and O–H groups in total. The third-order valence-electron chi connectivity index (χ3n) is 3.19. The van der Waals surface area contributed by atoms with E-state index in [9.17, 15) is 15.0 Å². The molecule has 4 nitrogen and oxygen atoms in total. The number of rotatable bonds is 5. The molecule has 2 aromatic rings. The average Bonchev–Trinajstić information content (AvgIpc) is 2.45. The highest BCUT2D eigenvalue weighted by molar-refractivity contribution is 5.73. The molecule has 0 radical (unpaired) electrons. The zero-order valence-corrected chi connectivity index (χ0v) is 11.9. The van der Waals surface area contributed by atoms with Crippen molar-refractivity contribution in [3.63, 3.8) is 0 Å². The summed E-state index contributed by atoms with van der Waals surface area (Å²) in [6.07, 6.45) is 0.803. The van der Waals surface area contributed by atoms with Gasteiger partial charge in [-0.2, -0.15) is 0 Å². The quantitative estimate of drug-likeness (QED) is 0.655. The first-order valence-electron chi connectivity index (χ1n) is 6.83. The summed E-state index contributed by atoms with van der Waals surface area (Å²) in [4.78, 5) is 11.6. The number of esters is 1. The van der Waals surface area contributed by atoms with Gasteiger partial charge in [0.15, 0.2) is 11.5 Å². The molecule has 0 atom stereocenters. The van der Waals surface area contributed by atoms with E-state index in [0.29, 0.717) is 13.0 Å². The van der Waals surface area contributed by atoms with Gasteiger partial charge in [0.25, 0.3) is 0 Å². The van der Waals surface area contributed by atoms with Crippen molar-refractivity contribution in [3.8, 4) is 11.5 Å². The lowest BCUT2D eigenvalue weighted by atomic mass is 9.98. The van der Waals surface area contributed by atoms with Crippen LogP contribution in [0.2, 0.25) is 0 Å². The van der Waals surface area contributed by atoms with Gasteiger partial charge in [-0.25, -0.2) is 0 Å². The SMILES string of the molecule is CCOC(=O)Cc1ccccc1Cc1ccc(O)c(O)c1. The molecule has 0 bridgehead atoms. The van der Waals surface area contributed by atoms with Crippen LogP contribution in [0.4, 0.5) is 0 Å². The minimum absolute atomic E-state index is 0.140. The molecule has 0 saturated carbocycles. The van der Waals surface area contributed by atoms with E-state index in [1.165, 1.54) is 12.1 Å². The number of hydrogen-bond acceptors (Lipinski definition) is 4. The Morgan fingerprint density at radius 3 is 2.43 bits per heavy atom. The molecular weight excluding hydrogens is 268 g/mol. The number of phenols is 2. The summed E-state index contributed by atoms with van der Waals surface area (Å²) < 4.78 is 4.97. The van der Waals surface area contributed by atoms with Gasteiger partial charge in [0.05, 0.1) is 13.0 Å². The van der Waals surface area contributed by atoms with Gasteiger partial charge >= 0.3 is 5.97 Å². The van der Waals surface area contributed by atoms with E-state index in [4.69, 9.17) is 4.74 Å². The van der Waals surface area contributed by atoms with Crippen LogP contribution in [0.25, 0.3) is 0 Å². The zero-order chi connectivity index (χ0) is 15.2. The molecule has 0 aromatic heterocycles. The number of hydrogen-bond donors (Lipinski definition) is 2. The summed E-state index contributed by atoms with van der Waals surface area (Å²) in [6.45, 7) is 2.15. The molecule has 4 heteroatoms. The summed E-state index contributed by atoms with van der Waals surface area (Å²) >= 11 is 0. The number of benzene rings is 2. The van der Waals surface area contributed by atoms with Crippen molar-refractivity contribution in [2.24, 2.45) is 0 Å². The lowest BCUT2D eigenvalue weighted by molar-refractivity contribution is -0.142. The summed E-state index contributed by atoms with van der Waals surface area (Å²) in [5, 5.41) is 18.9. The van der Waals surface area contributed by atoms with E-state index in [2.05, 4.69) is 0 Å². The maximum Gasteiger partial charge on any atom is 0.310 e. The lowest BCUT2D eigenvalue weighted by Crippen LogP contribution is -2.09. The number of carbonyl (C=O) groups excluding carboxylic acids is 1. The number of aromatic hydroxyl groups is 2. The van der Waals surface area contributed by atoms with E-state index in [1.54, 1.807) is 13.0 Å². The van der Waals surface area contributed by atoms with Crippen LogP contribution >= 0.6 is 0 Å². The van der Waals surface area contributed by atoms with Gasteiger partial charge in [-0.05, 0) is 42.2 Å².